The number of carboxylic acids is 1. The fraction of sp³-hybridized carbons (Fsp3) is 0.231. The highest BCUT2D eigenvalue weighted by molar-refractivity contribution is 5.93. The van der Waals surface area contributed by atoms with Crippen LogP contribution in [0.15, 0.2) is 67.0 Å². The lowest BCUT2D eigenvalue weighted by Crippen LogP contribution is -2.11. The van der Waals surface area contributed by atoms with Gasteiger partial charge in [-0.15, -0.1) is 12.4 Å². The monoisotopic (exact) mass is 451 g/mol. The Hall–Kier alpha value is -3.31. The first-order valence-electron chi connectivity index (χ1n) is 10.4. The number of benzene rings is 2. The van der Waals surface area contributed by atoms with Crippen LogP contribution in [0.25, 0.3) is 11.6 Å². The molecule has 1 aliphatic rings. The van der Waals surface area contributed by atoms with Crippen LogP contribution in [0.3, 0.4) is 0 Å². The minimum atomic E-state index is -0.942. The highest BCUT2D eigenvalue weighted by Crippen LogP contribution is 2.36. The molecule has 1 aromatic heterocycles. The molecule has 5 nitrogen and oxygen atoms in total. The Morgan fingerprint density at radius 2 is 1.56 bits per heavy atom. The third kappa shape index (κ3) is 5.48. The number of carbonyl (C=O) groups is 1. The van der Waals surface area contributed by atoms with Crippen LogP contribution in [0, 0.1) is 0 Å². The number of methoxy groups -OCH3 is 1. The average Bonchev–Trinajstić information content (AvgIpc) is 3.31. The molecule has 0 spiro atoms. The van der Waals surface area contributed by atoms with Crippen LogP contribution in [0.4, 0.5) is 0 Å². The molecule has 32 heavy (non-hydrogen) atoms. The molecule has 3 aromatic rings. The Labute approximate surface area is 194 Å². The lowest BCUT2D eigenvalue weighted by molar-refractivity contribution is 0.0697. The predicted octanol–water partition coefficient (Wildman–Crippen LogP) is 6.12. The second-order valence-corrected chi connectivity index (χ2v) is 7.61. The maximum Gasteiger partial charge on any atom is 0.335 e. The first-order valence-corrected chi connectivity index (χ1v) is 10.4. The third-order valence-electron chi connectivity index (χ3n) is 5.53. The van der Waals surface area contributed by atoms with E-state index >= 15 is 0 Å². The maximum absolute atomic E-state index is 11.3. The van der Waals surface area contributed by atoms with Gasteiger partial charge in [0.2, 0.25) is 0 Å². The van der Waals surface area contributed by atoms with E-state index in [0.29, 0.717) is 5.75 Å². The highest BCUT2D eigenvalue weighted by Gasteiger charge is 2.19. The molecule has 0 radical (unpaired) electrons. The largest absolute Gasteiger partial charge is 0.493 e. The molecule has 0 bridgehead atoms. The molecule has 1 fully saturated rings. The van der Waals surface area contributed by atoms with E-state index in [9.17, 15) is 9.90 Å². The molecule has 0 saturated heterocycles. The Balaban J connectivity index is 0.00000289. The first-order chi connectivity index (χ1) is 15.1. The van der Waals surface area contributed by atoms with Crippen LogP contribution in [-0.4, -0.2) is 29.3 Å². The van der Waals surface area contributed by atoms with Crippen molar-refractivity contribution in [3.8, 4) is 11.5 Å². The molecule has 0 amide bonds. The van der Waals surface area contributed by atoms with E-state index in [2.05, 4.69) is 11.1 Å². The minimum Gasteiger partial charge on any atom is -0.493 e. The minimum absolute atomic E-state index is 0. The van der Waals surface area contributed by atoms with Gasteiger partial charge in [-0.3, -0.25) is 4.98 Å². The third-order valence-corrected chi connectivity index (χ3v) is 5.53. The van der Waals surface area contributed by atoms with Crippen LogP contribution in [0.5, 0.6) is 11.5 Å². The van der Waals surface area contributed by atoms with E-state index in [4.69, 9.17) is 9.47 Å². The summed E-state index contributed by atoms with van der Waals surface area (Å²) in [7, 11) is 1.65. The smallest absolute Gasteiger partial charge is 0.335 e. The number of nitrogens with zero attached hydrogens (tertiary/aromatic N) is 1. The lowest BCUT2D eigenvalue weighted by atomic mass is 9.94. The van der Waals surface area contributed by atoms with Crippen molar-refractivity contribution in [1.82, 2.24) is 4.98 Å². The molecule has 166 valence electrons. The van der Waals surface area contributed by atoms with Gasteiger partial charge in [0.15, 0.2) is 11.5 Å². The van der Waals surface area contributed by atoms with Crippen LogP contribution in [0.2, 0.25) is 0 Å². The number of rotatable bonds is 7. The SMILES string of the molecule is COc1ccc(/C(=C/c2ccncc2)c2ccc(C(=O)O)cc2)cc1OC1CCCC1.Cl. The number of halogens is 1. The van der Waals surface area contributed by atoms with Gasteiger partial charge in [0.25, 0.3) is 0 Å². The first kappa shape index (κ1) is 23.4. The molecule has 1 heterocycles. The summed E-state index contributed by atoms with van der Waals surface area (Å²) in [5, 5.41) is 9.24. The number of aromatic nitrogens is 1. The summed E-state index contributed by atoms with van der Waals surface area (Å²) in [4.78, 5) is 15.4. The van der Waals surface area contributed by atoms with E-state index in [-0.39, 0.29) is 24.1 Å². The van der Waals surface area contributed by atoms with E-state index in [1.165, 1.54) is 12.8 Å². The van der Waals surface area contributed by atoms with Gasteiger partial charge in [0.05, 0.1) is 18.8 Å². The zero-order valence-corrected chi connectivity index (χ0v) is 18.7. The van der Waals surface area contributed by atoms with Crippen molar-refractivity contribution in [3.63, 3.8) is 0 Å². The number of carboxylic acid groups (broad SMARTS) is 1. The van der Waals surface area contributed by atoms with Gasteiger partial charge >= 0.3 is 5.97 Å². The fourth-order valence-corrected chi connectivity index (χ4v) is 3.87. The Bertz CT molecular complexity index is 1070. The van der Waals surface area contributed by atoms with Gasteiger partial charge in [0.1, 0.15) is 0 Å². The summed E-state index contributed by atoms with van der Waals surface area (Å²) in [6.07, 6.45) is 10.3. The van der Waals surface area contributed by atoms with E-state index in [1.807, 2.05) is 42.5 Å². The lowest BCUT2D eigenvalue weighted by Gasteiger charge is -2.18. The molecule has 0 atom stereocenters. The van der Waals surface area contributed by atoms with Crippen molar-refractivity contribution in [2.24, 2.45) is 0 Å². The molecule has 1 aliphatic carbocycles. The van der Waals surface area contributed by atoms with Crippen molar-refractivity contribution in [3.05, 3.63) is 89.2 Å². The van der Waals surface area contributed by atoms with E-state index in [0.717, 1.165) is 40.9 Å². The van der Waals surface area contributed by atoms with E-state index < -0.39 is 5.97 Å². The average molecular weight is 452 g/mol. The number of aromatic carboxylic acids is 1. The highest BCUT2D eigenvalue weighted by atomic mass is 35.5. The molecule has 4 rings (SSSR count). The van der Waals surface area contributed by atoms with Gasteiger partial charge in [-0.1, -0.05) is 18.2 Å². The zero-order chi connectivity index (χ0) is 21.6. The summed E-state index contributed by atoms with van der Waals surface area (Å²) < 4.78 is 11.8. The van der Waals surface area contributed by atoms with Crippen LogP contribution in [-0.2, 0) is 0 Å². The number of hydrogen-bond acceptors (Lipinski definition) is 4. The van der Waals surface area contributed by atoms with Crippen molar-refractivity contribution < 1.29 is 19.4 Å². The van der Waals surface area contributed by atoms with Crippen molar-refractivity contribution in [1.29, 1.82) is 0 Å². The quantitative estimate of drug-likeness (QED) is 0.468. The van der Waals surface area contributed by atoms with Gasteiger partial charge in [0, 0.05) is 12.4 Å². The summed E-state index contributed by atoms with van der Waals surface area (Å²) >= 11 is 0. The second kappa shape index (κ2) is 10.8. The molecular formula is C26H26ClNO4. The maximum atomic E-state index is 11.3. The summed E-state index contributed by atoms with van der Waals surface area (Å²) in [6.45, 7) is 0. The molecule has 0 aliphatic heterocycles. The molecule has 1 saturated carbocycles. The van der Waals surface area contributed by atoms with Crippen molar-refractivity contribution in [2.75, 3.05) is 7.11 Å². The summed E-state index contributed by atoms with van der Waals surface area (Å²) in [6, 6.07) is 16.7. The molecular weight excluding hydrogens is 426 g/mol. The molecule has 6 heteroatoms. The Morgan fingerprint density at radius 1 is 0.938 bits per heavy atom. The molecule has 0 unspecified atom stereocenters. The van der Waals surface area contributed by atoms with Gasteiger partial charge in [-0.05, 0) is 90.4 Å². The Kier molecular flexibility index (Phi) is 7.90. The number of ether oxygens (including phenoxy) is 2. The van der Waals surface area contributed by atoms with Gasteiger partial charge in [-0.2, -0.15) is 0 Å². The second-order valence-electron chi connectivity index (χ2n) is 7.61. The molecule has 2 aromatic carbocycles. The molecule has 1 N–H and O–H groups in total. The number of pyridine rings is 1. The summed E-state index contributed by atoms with van der Waals surface area (Å²) in [5.74, 6) is 0.498. The van der Waals surface area contributed by atoms with Crippen LogP contribution in [0.1, 0.15) is 52.7 Å². The van der Waals surface area contributed by atoms with Gasteiger partial charge < -0.3 is 14.6 Å². The zero-order valence-electron chi connectivity index (χ0n) is 17.9. The van der Waals surface area contributed by atoms with Crippen LogP contribution >= 0.6 is 12.4 Å². The van der Waals surface area contributed by atoms with Gasteiger partial charge in [-0.25, -0.2) is 4.79 Å². The fourth-order valence-electron chi connectivity index (χ4n) is 3.87. The topological polar surface area (TPSA) is 68.7 Å². The van der Waals surface area contributed by atoms with E-state index in [1.54, 1.807) is 31.6 Å². The predicted molar refractivity (Wildman–Crippen MR) is 128 cm³/mol. The van der Waals surface area contributed by atoms with Crippen molar-refractivity contribution in [2.45, 2.75) is 31.8 Å². The summed E-state index contributed by atoms with van der Waals surface area (Å²) in [5.41, 5.74) is 4.10. The Morgan fingerprint density at radius 3 is 2.19 bits per heavy atom. The standard InChI is InChI=1S/C26H25NO4.ClH/c1-30-24-11-10-21(17-25(24)31-22-4-2-3-5-22)23(16-18-12-14-27-15-13-18)19-6-8-20(9-7-19)26(28)29;/h6-17,22H,2-5H2,1H3,(H,28,29);1H/b23-16+;. The van der Waals surface area contributed by atoms with Crippen molar-refractivity contribution >= 4 is 30.0 Å². The normalized spacial score (nSPS) is 14.0. The van der Waals surface area contributed by atoms with Crippen LogP contribution < -0.4 is 9.47 Å². The number of hydrogen-bond donors (Lipinski definition) is 1.